The minimum Gasteiger partial charge on any atom is -0.481 e. The molecule has 0 saturated heterocycles. The summed E-state index contributed by atoms with van der Waals surface area (Å²) in [5.74, 6) is -1.51. The van der Waals surface area contributed by atoms with Gasteiger partial charge in [-0.25, -0.2) is 0 Å². The van der Waals surface area contributed by atoms with Gasteiger partial charge in [-0.3, -0.25) is 9.59 Å². The minimum atomic E-state index is -0.818. The second-order valence-electron chi connectivity index (χ2n) is 4.96. The van der Waals surface area contributed by atoms with Crippen molar-refractivity contribution in [3.63, 3.8) is 0 Å². The van der Waals surface area contributed by atoms with Crippen LogP contribution >= 0.6 is 0 Å². The summed E-state index contributed by atoms with van der Waals surface area (Å²) >= 11 is 0. The number of carboxylic acids is 1. The van der Waals surface area contributed by atoms with Crippen LogP contribution in [0.5, 0.6) is 0 Å². The minimum absolute atomic E-state index is 0.0771. The van der Waals surface area contributed by atoms with E-state index in [4.69, 9.17) is 0 Å². The molecule has 0 radical (unpaired) electrons. The summed E-state index contributed by atoms with van der Waals surface area (Å²) in [6.07, 6.45) is 3.61. The number of carbonyl (C=O) groups is 2. The van der Waals surface area contributed by atoms with Crippen LogP contribution in [-0.2, 0) is 16.0 Å². The van der Waals surface area contributed by atoms with Crippen LogP contribution in [0.15, 0.2) is 30.3 Å². The number of hydrogen-bond donors (Lipinski definition) is 1. The fourth-order valence-electron chi connectivity index (χ4n) is 2.74. The molecule has 1 saturated carbocycles. The first-order valence-electron chi connectivity index (χ1n) is 6.48. The van der Waals surface area contributed by atoms with Crippen LogP contribution in [0, 0.1) is 11.8 Å². The highest BCUT2D eigenvalue weighted by Gasteiger charge is 2.35. The molecule has 1 fully saturated rings. The Balaban J connectivity index is 2.05. The third-order valence-electron chi connectivity index (χ3n) is 3.72. The molecule has 0 aliphatic heterocycles. The SMILES string of the molecule is O=C(O)[C@H]1CCCC[C@@H]1C(=O)Cc1ccccc1. The van der Waals surface area contributed by atoms with Gasteiger partial charge in [0.2, 0.25) is 0 Å². The Bertz CT molecular complexity index is 425. The topological polar surface area (TPSA) is 54.4 Å². The number of carboxylic acid groups (broad SMARTS) is 1. The Kier molecular flexibility index (Phi) is 4.13. The lowest BCUT2D eigenvalue weighted by Gasteiger charge is -2.27. The fourth-order valence-corrected chi connectivity index (χ4v) is 2.74. The third kappa shape index (κ3) is 2.97. The van der Waals surface area contributed by atoms with Crippen molar-refractivity contribution >= 4 is 11.8 Å². The number of ketones is 1. The summed E-state index contributed by atoms with van der Waals surface area (Å²) in [6, 6.07) is 9.54. The molecule has 1 aromatic rings. The van der Waals surface area contributed by atoms with E-state index >= 15 is 0 Å². The zero-order valence-corrected chi connectivity index (χ0v) is 10.3. The van der Waals surface area contributed by atoms with Gasteiger partial charge in [0.15, 0.2) is 0 Å². The molecule has 0 bridgehead atoms. The zero-order valence-electron chi connectivity index (χ0n) is 10.3. The third-order valence-corrected chi connectivity index (χ3v) is 3.72. The fraction of sp³-hybridized carbons (Fsp3) is 0.467. The van der Waals surface area contributed by atoms with Crippen molar-refractivity contribution in [1.82, 2.24) is 0 Å². The molecule has 96 valence electrons. The second-order valence-corrected chi connectivity index (χ2v) is 4.96. The average molecular weight is 246 g/mol. The lowest BCUT2D eigenvalue weighted by atomic mass is 9.76. The maximum Gasteiger partial charge on any atom is 0.307 e. The Labute approximate surface area is 107 Å². The molecular weight excluding hydrogens is 228 g/mol. The lowest BCUT2D eigenvalue weighted by molar-refractivity contribution is -0.148. The van der Waals surface area contributed by atoms with Crippen molar-refractivity contribution in [2.45, 2.75) is 32.1 Å². The highest BCUT2D eigenvalue weighted by molar-refractivity contribution is 5.87. The van der Waals surface area contributed by atoms with Gasteiger partial charge < -0.3 is 5.11 Å². The van der Waals surface area contributed by atoms with Crippen molar-refractivity contribution in [3.05, 3.63) is 35.9 Å². The molecule has 2 atom stereocenters. The van der Waals surface area contributed by atoms with Gasteiger partial charge >= 0.3 is 5.97 Å². The Morgan fingerprint density at radius 2 is 1.67 bits per heavy atom. The number of benzene rings is 1. The van der Waals surface area contributed by atoms with Crippen molar-refractivity contribution < 1.29 is 14.7 Å². The van der Waals surface area contributed by atoms with Crippen LogP contribution in [0.3, 0.4) is 0 Å². The molecule has 0 heterocycles. The van der Waals surface area contributed by atoms with Crippen LogP contribution < -0.4 is 0 Å². The Hall–Kier alpha value is -1.64. The number of carbonyl (C=O) groups excluding carboxylic acids is 1. The first kappa shape index (κ1) is 12.8. The highest BCUT2D eigenvalue weighted by atomic mass is 16.4. The van der Waals surface area contributed by atoms with Gasteiger partial charge in [0.05, 0.1) is 5.92 Å². The molecular formula is C15H18O3. The van der Waals surface area contributed by atoms with Crippen LogP contribution in [0.4, 0.5) is 0 Å². The first-order valence-corrected chi connectivity index (χ1v) is 6.48. The Morgan fingerprint density at radius 3 is 2.28 bits per heavy atom. The van der Waals surface area contributed by atoms with E-state index in [0.29, 0.717) is 12.8 Å². The molecule has 0 aromatic heterocycles. The van der Waals surface area contributed by atoms with Crippen LogP contribution in [0.2, 0.25) is 0 Å². The van der Waals surface area contributed by atoms with Crippen molar-refractivity contribution in [2.24, 2.45) is 11.8 Å². The van der Waals surface area contributed by atoms with E-state index in [0.717, 1.165) is 24.8 Å². The van der Waals surface area contributed by atoms with Crippen molar-refractivity contribution in [1.29, 1.82) is 0 Å². The van der Waals surface area contributed by atoms with Gasteiger partial charge in [0, 0.05) is 12.3 Å². The predicted octanol–water partition coefficient (Wildman–Crippen LogP) is 2.69. The molecule has 0 amide bonds. The smallest absolute Gasteiger partial charge is 0.307 e. The summed E-state index contributed by atoms with van der Waals surface area (Å²) in [4.78, 5) is 23.4. The van der Waals surface area contributed by atoms with Gasteiger partial charge in [-0.1, -0.05) is 43.2 Å². The van der Waals surface area contributed by atoms with Crippen LogP contribution in [0.25, 0.3) is 0 Å². The summed E-state index contributed by atoms with van der Waals surface area (Å²) < 4.78 is 0. The van der Waals surface area contributed by atoms with Crippen LogP contribution in [0.1, 0.15) is 31.2 Å². The number of rotatable bonds is 4. The summed E-state index contributed by atoms with van der Waals surface area (Å²) in [5, 5.41) is 9.17. The first-order chi connectivity index (χ1) is 8.68. The van der Waals surface area contributed by atoms with Crippen LogP contribution in [-0.4, -0.2) is 16.9 Å². The largest absolute Gasteiger partial charge is 0.481 e. The number of aliphatic carboxylic acids is 1. The molecule has 1 aliphatic carbocycles. The molecule has 2 rings (SSSR count). The summed E-state index contributed by atoms with van der Waals surface area (Å²) in [7, 11) is 0. The molecule has 1 aromatic carbocycles. The second kappa shape index (κ2) is 5.80. The molecule has 3 heteroatoms. The molecule has 1 aliphatic rings. The van der Waals surface area contributed by atoms with E-state index in [9.17, 15) is 14.7 Å². The van der Waals surface area contributed by atoms with E-state index in [-0.39, 0.29) is 11.7 Å². The average Bonchev–Trinajstić information content (AvgIpc) is 2.40. The number of Topliss-reactive ketones (excluding diaryl/α,β-unsaturated/α-hetero) is 1. The van der Waals surface area contributed by atoms with E-state index in [1.807, 2.05) is 30.3 Å². The predicted molar refractivity (Wildman–Crippen MR) is 68.2 cm³/mol. The van der Waals surface area contributed by atoms with E-state index in [2.05, 4.69) is 0 Å². The molecule has 0 spiro atoms. The lowest BCUT2D eigenvalue weighted by Crippen LogP contribution is -2.33. The normalized spacial score (nSPS) is 23.6. The van der Waals surface area contributed by atoms with E-state index in [1.54, 1.807) is 0 Å². The molecule has 18 heavy (non-hydrogen) atoms. The maximum absolute atomic E-state index is 12.2. The van der Waals surface area contributed by atoms with Gasteiger partial charge in [-0.15, -0.1) is 0 Å². The summed E-state index contributed by atoms with van der Waals surface area (Å²) in [5.41, 5.74) is 0.970. The molecule has 1 N–H and O–H groups in total. The maximum atomic E-state index is 12.2. The van der Waals surface area contributed by atoms with Crippen molar-refractivity contribution in [3.8, 4) is 0 Å². The van der Waals surface area contributed by atoms with Gasteiger partial charge in [0.1, 0.15) is 5.78 Å². The van der Waals surface area contributed by atoms with Gasteiger partial charge in [0.25, 0.3) is 0 Å². The number of hydrogen-bond acceptors (Lipinski definition) is 2. The highest BCUT2D eigenvalue weighted by Crippen LogP contribution is 2.31. The Morgan fingerprint density at radius 1 is 1.06 bits per heavy atom. The standard InChI is InChI=1S/C15H18O3/c16-14(10-11-6-2-1-3-7-11)12-8-4-5-9-13(12)15(17)18/h1-3,6-7,12-13H,4-5,8-10H2,(H,17,18)/t12-,13-/m0/s1. The van der Waals surface area contributed by atoms with Gasteiger partial charge in [-0.05, 0) is 18.4 Å². The van der Waals surface area contributed by atoms with Gasteiger partial charge in [-0.2, -0.15) is 0 Å². The molecule has 3 nitrogen and oxygen atoms in total. The van der Waals surface area contributed by atoms with E-state index in [1.165, 1.54) is 0 Å². The zero-order chi connectivity index (χ0) is 13.0. The quantitative estimate of drug-likeness (QED) is 0.888. The van der Waals surface area contributed by atoms with E-state index < -0.39 is 11.9 Å². The van der Waals surface area contributed by atoms with Crippen molar-refractivity contribution in [2.75, 3.05) is 0 Å². The molecule has 0 unspecified atom stereocenters. The summed E-state index contributed by atoms with van der Waals surface area (Å²) in [6.45, 7) is 0. The monoisotopic (exact) mass is 246 g/mol.